The molecule has 0 saturated carbocycles. The molecule has 2 aliphatic rings. The van der Waals surface area contributed by atoms with Crippen LogP contribution in [0.3, 0.4) is 0 Å². The van der Waals surface area contributed by atoms with Crippen molar-refractivity contribution < 1.29 is 14.4 Å². The summed E-state index contributed by atoms with van der Waals surface area (Å²) in [6.07, 6.45) is 0.473. The summed E-state index contributed by atoms with van der Waals surface area (Å²) in [6.45, 7) is 4.18. The van der Waals surface area contributed by atoms with Crippen molar-refractivity contribution in [1.29, 1.82) is 0 Å². The molecule has 1 N–H and O–H groups in total. The number of benzene rings is 1. The van der Waals surface area contributed by atoms with Crippen molar-refractivity contribution in [2.24, 2.45) is 0 Å². The third-order valence-electron chi connectivity index (χ3n) is 5.09. The molecule has 0 bridgehead atoms. The summed E-state index contributed by atoms with van der Waals surface area (Å²) in [5.41, 5.74) is -0.0406. The van der Waals surface area contributed by atoms with Crippen LogP contribution in [0.1, 0.15) is 26.2 Å². The minimum Gasteiger partial charge on any atom is -0.367 e. The van der Waals surface area contributed by atoms with Crippen LogP contribution in [-0.2, 0) is 14.4 Å². The average Bonchev–Trinajstić information content (AvgIpc) is 2.88. The molecule has 0 aliphatic carbocycles. The Hall–Kier alpha value is -1.79. The van der Waals surface area contributed by atoms with Gasteiger partial charge in [-0.1, -0.05) is 29.3 Å². The van der Waals surface area contributed by atoms with Gasteiger partial charge in [0.05, 0.1) is 27.7 Å². The number of Topliss-reactive ketones (excluding diaryl/α,β-unsaturated/α-hetero) is 1. The van der Waals surface area contributed by atoms with Crippen LogP contribution < -0.4 is 10.2 Å². The molecule has 6 nitrogen and oxygen atoms in total. The Morgan fingerprint density at radius 1 is 1.19 bits per heavy atom. The Morgan fingerprint density at radius 3 is 2.50 bits per heavy atom. The topological polar surface area (TPSA) is 69.7 Å². The van der Waals surface area contributed by atoms with Crippen LogP contribution >= 0.6 is 23.2 Å². The van der Waals surface area contributed by atoms with Crippen molar-refractivity contribution in [3.05, 3.63) is 28.2 Å². The molecule has 140 valence electrons. The van der Waals surface area contributed by atoms with Crippen molar-refractivity contribution in [3.8, 4) is 0 Å². The van der Waals surface area contributed by atoms with Gasteiger partial charge in [0.15, 0.2) is 5.78 Å². The van der Waals surface area contributed by atoms with Gasteiger partial charge in [0.25, 0.3) is 0 Å². The summed E-state index contributed by atoms with van der Waals surface area (Å²) >= 11 is 12.3. The number of hydrogen-bond acceptors (Lipinski definition) is 4. The first kappa shape index (κ1) is 19.0. The fourth-order valence-corrected chi connectivity index (χ4v) is 3.83. The van der Waals surface area contributed by atoms with Gasteiger partial charge in [-0.15, -0.1) is 0 Å². The Balaban J connectivity index is 1.53. The van der Waals surface area contributed by atoms with E-state index in [1.165, 1.54) is 0 Å². The summed E-state index contributed by atoms with van der Waals surface area (Å²) in [5.74, 6) is -0.412. The van der Waals surface area contributed by atoms with Gasteiger partial charge in [-0.25, -0.2) is 0 Å². The van der Waals surface area contributed by atoms with Gasteiger partial charge in [-0.3, -0.25) is 14.4 Å². The summed E-state index contributed by atoms with van der Waals surface area (Å²) in [6, 6.07) is 5.52. The zero-order chi connectivity index (χ0) is 18.9. The Bertz CT molecular complexity index is 747. The minimum absolute atomic E-state index is 0.00276. The van der Waals surface area contributed by atoms with Crippen LogP contribution in [0.5, 0.6) is 0 Å². The highest BCUT2D eigenvalue weighted by Crippen LogP contribution is 2.33. The van der Waals surface area contributed by atoms with Crippen LogP contribution in [0.15, 0.2) is 18.2 Å². The van der Waals surface area contributed by atoms with E-state index in [9.17, 15) is 14.4 Å². The standard InChI is InChI=1S/C18H21Cl2N3O3/c1-18(14(24)11-15(25)21-18)6-5-16(26)23-9-7-22(8-10-23)13-4-2-3-12(19)17(13)20/h2-4H,5-11H2,1H3,(H,21,25). The lowest BCUT2D eigenvalue weighted by molar-refractivity contribution is -0.132. The molecular formula is C18H21Cl2N3O3. The number of ketones is 1. The first-order valence-electron chi connectivity index (χ1n) is 8.61. The SMILES string of the molecule is CC1(CCC(=O)N2CCN(c3cccc(Cl)c3Cl)CC2)NC(=O)CC1=O. The highest BCUT2D eigenvalue weighted by Gasteiger charge is 2.41. The van der Waals surface area contributed by atoms with E-state index >= 15 is 0 Å². The van der Waals surface area contributed by atoms with Crippen molar-refractivity contribution in [2.45, 2.75) is 31.7 Å². The number of carbonyl (C=O) groups excluding carboxylic acids is 3. The van der Waals surface area contributed by atoms with Crippen molar-refractivity contribution in [2.75, 3.05) is 31.1 Å². The molecule has 1 unspecified atom stereocenters. The number of anilines is 1. The summed E-state index contributed by atoms with van der Waals surface area (Å²) in [5, 5.41) is 3.72. The predicted molar refractivity (Wildman–Crippen MR) is 101 cm³/mol. The fraction of sp³-hybridized carbons (Fsp3) is 0.500. The molecule has 8 heteroatoms. The van der Waals surface area contributed by atoms with Crippen molar-refractivity contribution in [3.63, 3.8) is 0 Å². The lowest BCUT2D eigenvalue weighted by Crippen LogP contribution is -2.50. The fourth-order valence-electron chi connectivity index (χ4n) is 3.41. The summed E-state index contributed by atoms with van der Waals surface area (Å²) in [4.78, 5) is 39.7. The molecule has 1 aromatic rings. The van der Waals surface area contributed by atoms with Crippen LogP contribution in [0.2, 0.25) is 10.0 Å². The van der Waals surface area contributed by atoms with Crippen LogP contribution in [0, 0.1) is 0 Å². The first-order chi connectivity index (χ1) is 12.3. The van der Waals surface area contributed by atoms with E-state index in [4.69, 9.17) is 23.2 Å². The molecule has 3 rings (SSSR count). The van der Waals surface area contributed by atoms with Gasteiger partial charge in [-0.2, -0.15) is 0 Å². The van der Waals surface area contributed by atoms with Crippen LogP contribution in [0.4, 0.5) is 5.69 Å². The van der Waals surface area contributed by atoms with E-state index in [1.807, 2.05) is 12.1 Å². The van der Waals surface area contributed by atoms with Gasteiger partial charge in [0.1, 0.15) is 0 Å². The lowest BCUT2D eigenvalue weighted by Gasteiger charge is -2.37. The second kappa shape index (κ2) is 7.45. The highest BCUT2D eigenvalue weighted by molar-refractivity contribution is 6.43. The molecule has 0 spiro atoms. The number of piperazine rings is 1. The molecule has 2 amide bonds. The van der Waals surface area contributed by atoms with Gasteiger partial charge >= 0.3 is 0 Å². The molecule has 2 heterocycles. The summed E-state index contributed by atoms with van der Waals surface area (Å²) in [7, 11) is 0. The van der Waals surface area contributed by atoms with E-state index in [1.54, 1.807) is 17.9 Å². The maximum atomic E-state index is 12.5. The first-order valence-corrected chi connectivity index (χ1v) is 9.37. The molecule has 1 aromatic carbocycles. The third kappa shape index (κ3) is 3.81. The molecule has 26 heavy (non-hydrogen) atoms. The largest absolute Gasteiger partial charge is 0.367 e. The maximum absolute atomic E-state index is 12.5. The van der Waals surface area contributed by atoms with Gasteiger partial charge in [0, 0.05) is 32.6 Å². The zero-order valence-electron chi connectivity index (χ0n) is 14.6. The van der Waals surface area contributed by atoms with Crippen LogP contribution in [-0.4, -0.2) is 54.2 Å². The van der Waals surface area contributed by atoms with Gasteiger partial charge in [0.2, 0.25) is 11.8 Å². The number of rotatable bonds is 4. The van der Waals surface area contributed by atoms with E-state index in [-0.39, 0.29) is 30.4 Å². The van der Waals surface area contributed by atoms with Crippen molar-refractivity contribution >= 4 is 46.5 Å². The second-order valence-electron chi connectivity index (χ2n) is 6.92. The quantitative estimate of drug-likeness (QED) is 0.791. The van der Waals surface area contributed by atoms with Crippen LogP contribution in [0.25, 0.3) is 0 Å². The normalized spacial score (nSPS) is 23.3. The highest BCUT2D eigenvalue weighted by atomic mass is 35.5. The Labute approximate surface area is 162 Å². The molecule has 1 atom stereocenters. The second-order valence-corrected chi connectivity index (χ2v) is 7.71. The molecule has 2 fully saturated rings. The molecule has 0 radical (unpaired) electrons. The molecule has 0 aromatic heterocycles. The number of halogens is 2. The number of carbonyl (C=O) groups is 3. The molecule has 2 aliphatic heterocycles. The maximum Gasteiger partial charge on any atom is 0.228 e. The van der Waals surface area contributed by atoms with Gasteiger partial charge in [-0.05, 0) is 25.5 Å². The van der Waals surface area contributed by atoms with E-state index in [2.05, 4.69) is 10.2 Å². The smallest absolute Gasteiger partial charge is 0.228 e. The van der Waals surface area contributed by atoms with E-state index in [0.717, 1.165) is 5.69 Å². The number of hydrogen-bond donors (Lipinski definition) is 1. The number of nitrogens with one attached hydrogen (secondary N) is 1. The predicted octanol–water partition coefficient (Wildman–Crippen LogP) is 2.27. The Morgan fingerprint density at radius 2 is 1.88 bits per heavy atom. The third-order valence-corrected chi connectivity index (χ3v) is 5.90. The van der Waals surface area contributed by atoms with Gasteiger partial charge < -0.3 is 15.1 Å². The van der Waals surface area contributed by atoms with E-state index < -0.39 is 5.54 Å². The zero-order valence-corrected chi connectivity index (χ0v) is 16.1. The van der Waals surface area contributed by atoms with E-state index in [0.29, 0.717) is 42.6 Å². The molecular weight excluding hydrogens is 377 g/mol. The summed E-state index contributed by atoms with van der Waals surface area (Å²) < 4.78 is 0. The molecule has 2 saturated heterocycles. The Kier molecular flexibility index (Phi) is 5.44. The monoisotopic (exact) mass is 397 g/mol. The average molecular weight is 398 g/mol. The number of amides is 2. The minimum atomic E-state index is -0.914. The van der Waals surface area contributed by atoms with Crippen molar-refractivity contribution in [1.82, 2.24) is 10.2 Å². The number of nitrogens with zero attached hydrogens (tertiary/aromatic N) is 2. The lowest BCUT2D eigenvalue weighted by atomic mass is 9.92.